The van der Waals surface area contributed by atoms with E-state index in [0.717, 1.165) is 28.6 Å². The molecule has 0 aromatic heterocycles. The molecule has 1 nitrogen and oxygen atoms in total. The van der Waals surface area contributed by atoms with Crippen LogP contribution in [-0.2, 0) is 0 Å². The summed E-state index contributed by atoms with van der Waals surface area (Å²) in [6.45, 7) is 3.06. The zero-order valence-corrected chi connectivity index (χ0v) is 14.3. The molecule has 2 rings (SSSR count). The van der Waals surface area contributed by atoms with Crippen LogP contribution in [0.25, 0.3) is 0 Å². The second-order valence-corrected chi connectivity index (χ2v) is 6.29. The Morgan fingerprint density at radius 1 is 1.15 bits per heavy atom. The van der Waals surface area contributed by atoms with Crippen LogP contribution in [0.4, 0.5) is 0 Å². The third-order valence-corrected chi connectivity index (χ3v) is 4.40. The Bertz CT molecular complexity index is 586. The van der Waals surface area contributed by atoms with Crippen LogP contribution in [0.15, 0.2) is 46.9 Å². The highest BCUT2D eigenvalue weighted by Gasteiger charge is 2.17. The summed E-state index contributed by atoms with van der Waals surface area (Å²) in [5.41, 5.74) is 2.17. The van der Waals surface area contributed by atoms with E-state index >= 15 is 0 Å². The number of halogens is 3. The van der Waals surface area contributed by atoms with Crippen molar-refractivity contribution in [1.29, 1.82) is 0 Å². The molecule has 0 aliphatic carbocycles. The van der Waals surface area contributed by atoms with Gasteiger partial charge in [-0.05, 0) is 42.3 Å². The zero-order chi connectivity index (χ0) is 14.5. The average molecular weight is 373 g/mol. The number of benzene rings is 2. The van der Waals surface area contributed by atoms with Crippen molar-refractivity contribution in [3.05, 3.63) is 68.1 Å². The first-order valence-corrected chi connectivity index (χ1v) is 8.11. The second kappa shape index (κ2) is 7.46. The fourth-order valence-electron chi connectivity index (χ4n) is 2.13. The van der Waals surface area contributed by atoms with Gasteiger partial charge in [0.05, 0.1) is 16.1 Å². The third-order valence-electron chi connectivity index (χ3n) is 3.07. The quantitative estimate of drug-likeness (QED) is 0.694. The van der Waals surface area contributed by atoms with Crippen molar-refractivity contribution in [2.45, 2.75) is 19.4 Å². The summed E-state index contributed by atoms with van der Waals surface area (Å²) in [6.07, 6.45) is 1.06. The predicted molar refractivity (Wildman–Crippen MR) is 90.7 cm³/mol. The van der Waals surface area contributed by atoms with Crippen molar-refractivity contribution in [3.8, 4) is 0 Å². The molecule has 0 aliphatic heterocycles. The van der Waals surface area contributed by atoms with Gasteiger partial charge in [-0.2, -0.15) is 0 Å². The van der Waals surface area contributed by atoms with Gasteiger partial charge in [0.1, 0.15) is 0 Å². The van der Waals surface area contributed by atoms with Crippen LogP contribution in [0.2, 0.25) is 10.0 Å². The molecule has 0 bridgehead atoms. The molecular weight excluding hydrogens is 357 g/mol. The van der Waals surface area contributed by atoms with Crippen molar-refractivity contribution in [3.63, 3.8) is 0 Å². The molecule has 1 N–H and O–H groups in total. The molecule has 4 heteroatoms. The molecular formula is C16H16BrCl2N. The number of hydrogen-bond acceptors (Lipinski definition) is 1. The molecule has 1 atom stereocenters. The fraction of sp³-hybridized carbons (Fsp3) is 0.250. The molecule has 0 aliphatic rings. The van der Waals surface area contributed by atoms with Gasteiger partial charge in [0.25, 0.3) is 0 Å². The van der Waals surface area contributed by atoms with Crippen LogP contribution in [0, 0.1) is 0 Å². The van der Waals surface area contributed by atoms with Crippen LogP contribution in [0.1, 0.15) is 30.5 Å². The van der Waals surface area contributed by atoms with Crippen LogP contribution in [0.5, 0.6) is 0 Å². The smallest absolute Gasteiger partial charge is 0.0643 e. The first-order chi connectivity index (χ1) is 9.63. The van der Waals surface area contributed by atoms with E-state index in [1.54, 1.807) is 0 Å². The van der Waals surface area contributed by atoms with Gasteiger partial charge in [0, 0.05) is 4.47 Å². The number of rotatable bonds is 5. The lowest BCUT2D eigenvalue weighted by Gasteiger charge is -2.21. The molecule has 0 heterocycles. The lowest BCUT2D eigenvalue weighted by molar-refractivity contribution is 0.598. The molecule has 0 saturated carbocycles. The first-order valence-electron chi connectivity index (χ1n) is 6.56. The Balaban J connectivity index is 2.44. The number of hydrogen-bond donors (Lipinski definition) is 1. The Kier molecular flexibility index (Phi) is 5.91. The molecule has 0 fully saturated rings. The standard InChI is InChI=1S/C16H16BrCl2N/c1-2-9-20-16(11-5-3-6-12(17)10-11)13-7-4-8-14(18)15(13)19/h3-8,10,16,20H,2,9H2,1H3. The Morgan fingerprint density at radius 2 is 1.90 bits per heavy atom. The Morgan fingerprint density at radius 3 is 2.60 bits per heavy atom. The molecule has 2 aromatic rings. The third kappa shape index (κ3) is 3.76. The van der Waals surface area contributed by atoms with Crippen LogP contribution >= 0.6 is 39.1 Å². The summed E-state index contributed by atoms with van der Waals surface area (Å²) < 4.78 is 1.05. The van der Waals surface area contributed by atoms with Crippen LogP contribution in [0.3, 0.4) is 0 Å². The summed E-state index contributed by atoms with van der Waals surface area (Å²) >= 11 is 16.0. The maximum absolute atomic E-state index is 6.37. The zero-order valence-electron chi connectivity index (χ0n) is 11.2. The van der Waals surface area contributed by atoms with Gasteiger partial charge in [-0.3, -0.25) is 0 Å². The average Bonchev–Trinajstić information content (AvgIpc) is 2.44. The van der Waals surface area contributed by atoms with Gasteiger partial charge in [-0.25, -0.2) is 0 Å². The minimum Gasteiger partial charge on any atom is -0.306 e. The molecule has 106 valence electrons. The van der Waals surface area contributed by atoms with Crippen LogP contribution < -0.4 is 5.32 Å². The van der Waals surface area contributed by atoms with Gasteiger partial charge in [-0.1, -0.05) is 70.3 Å². The van der Waals surface area contributed by atoms with Crippen molar-refractivity contribution in [2.75, 3.05) is 6.54 Å². The normalized spacial score (nSPS) is 12.4. The van der Waals surface area contributed by atoms with E-state index < -0.39 is 0 Å². The summed E-state index contributed by atoms with van der Waals surface area (Å²) in [6, 6.07) is 14.0. The highest BCUT2D eigenvalue weighted by Crippen LogP contribution is 2.33. The van der Waals surface area contributed by atoms with Crippen molar-refractivity contribution < 1.29 is 0 Å². The lowest BCUT2D eigenvalue weighted by atomic mass is 9.98. The lowest BCUT2D eigenvalue weighted by Crippen LogP contribution is -2.23. The molecule has 2 aromatic carbocycles. The summed E-state index contributed by atoms with van der Waals surface area (Å²) in [5, 5.41) is 4.73. The molecule has 1 unspecified atom stereocenters. The van der Waals surface area contributed by atoms with Crippen LogP contribution in [-0.4, -0.2) is 6.54 Å². The van der Waals surface area contributed by atoms with Crippen molar-refractivity contribution >= 4 is 39.1 Å². The summed E-state index contributed by atoms with van der Waals surface area (Å²) in [5.74, 6) is 0. The van der Waals surface area contributed by atoms with E-state index in [1.165, 1.54) is 0 Å². The largest absolute Gasteiger partial charge is 0.306 e. The maximum Gasteiger partial charge on any atom is 0.0643 e. The van der Waals surface area contributed by atoms with E-state index in [2.05, 4.69) is 40.3 Å². The van der Waals surface area contributed by atoms with E-state index in [4.69, 9.17) is 23.2 Å². The predicted octanol–water partition coefficient (Wildman–Crippen LogP) is 5.84. The fourth-order valence-corrected chi connectivity index (χ4v) is 2.96. The highest BCUT2D eigenvalue weighted by molar-refractivity contribution is 9.10. The van der Waals surface area contributed by atoms with E-state index in [9.17, 15) is 0 Å². The summed E-state index contributed by atoms with van der Waals surface area (Å²) in [7, 11) is 0. The van der Waals surface area contributed by atoms with Gasteiger partial charge in [-0.15, -0.1) is 0 Å². The maximum atomic E-state index is 6.37. The van der Waals surface area contributed by atoms with Gasteiger partial charge in [0.15, 0.2) is 0 Å². The van der Waals surface area contributed by atoms with Crippen molar-refractivity contribution in [1.82, 2.24) is 5.32 Å². The molecule has 0 spiro atoms. The Labute approximate surface area is 138 Å². The highest BCUT2D eigenvalue weighted by atomic mass is 79.9. The van der Waals surface area contributed by atoms with E-state index in [1.807, 2.05) is 30.3 Å². The van der Waals surface area contributed by atoms with Gasteiger partial charge in [0.2, 0.25) is 0 Å². The SMILES string of the molecule is CCCNC(c1cccc(Br)c1)c1cccc(Cl)c1Cl. The molecule has 0 saturated heterocycles. The molecule has 0 radical (unpaired) electrons. The minimum absolute atomic E-state index is 0.0404. The number of nitrogens with one attached hydrogen (secondary N) is 1. The van der Waals surface area contributed by atoms with Gasteiger partial charge >= 0.3 is 0 Å². The molecule has 0 amide bonds. The van der Waals surface area contributed by atoms with Crippen molar-refractivity contribution in [2.24, 2.45) is 0 Å². The second-order valence-electron chi connectivity index (χ2n) is 4.59. The van der Waals surface area contributed by atoms with E-state index in [-0.39, 0.29) is 6.04 Å². The first kappa shape index (κ1) is 15.8. The monoisotopic (exact) mass is 371 g/mol. The van der Waals surface area contributed by atoms with E-state index in [0.29, 0.717) is 10.0 Å². The Hall–Kier alpha value is -0.540. The summed E-state index contributed by atoms with van der Waals surface area (Å²) in [4.78, 5) is 0. The minimum atomic E-state index is 0.0404. The topological polar surface area (TPSA) is 12.0 Å². The molecule has 20 heavy (non-hydrogen) atoms. The van der Waals surface area contributed by atoms with Gasteiger partial charge < -0.3 is 5.32 Å².